The van der Waals surface area contributed by atoms with Crippen LogP contribution in [0.4, 0.5) is 5.69 Å². The maximum atomic E-state index is 11.2. The molecule has 2 aliphatic rings. The van der Waals surface area contributed by atoms with Gasteiger partial charge >= 0.3 is 0 Å². The van der Waals surface area contributed by atoms with Crippen LogP contribution in [0.25, 0.3) is 11.3 Å². The van der Waals surface area contributed by atoms with E-state index in [2.05, 4.69) is 10.3 Å². The molecule has 0 aromatic carbocycles. The molecule has 0 saturated heterocycles. The van der Waals surface area contributed by atoms with Gasteiger partial charge in [-0.1, -0.05) is 6.07 Å². The molecule has 3 N–H and O–H groups in total. The number of rotatable bonds is 5. The second-order valence-corrected chi connectivity index (χ2v) is 5.47. The zero-order chi connectivity index (χ0) is 15.5. The van der Waals surface area contributed by atoms with Crippen LogP contribution in [0.3, 0.4) is 0 Å². The molecule has 7 nitrogen and oxygen atoms in total. The number of aromatic amines is 1. The van der Waals surface area contributed by atoms with Crippen molar-refractivity contribution in [3.05, 3.63) is 46.2 Å². The highest BCUT2D eigenvalue weighted by Gasteiger charge is 2.14. The van der Waals surface area contributed by atoms with Crippen LogP contribution in [-0.2, 0) is 0 Å². The predicted molar refractivity (Wildman–Crippen MR) is 81.3 cm³/mol. The zero-order valence-electron chi connectivity index (χ0n) is 12.2. The van der Waals surface area contributed by atoms with Crippen molar-refractivity contribution in [2.75, 3.05) is 32.5 Å². The van der Waals surface area contributed by atoms with Crippen molar-refractivity contribution in [2.45, 2.75) is 6.42 Å². The van der Waals surface area contributed by atoms with E-state index in [-0.39, 0.29) is 14.9 Å². The van der Waals surface area contributed by atoms with E-state index in [0.717, 1.165) is 12.1 Å². The summed E-state index contributed by atoms with van der Waals surface area (Å²) in [6.45, 7) is 1.24. The van der Waals surface area contributed by atoms with Gasteiger partial charge in [0.2, 0.25) is 5.36 Å². The third-order valence-electron chi connectivity index (χ3n) is 3.19. The molecule has 0 aromatic rings. The molecule has 0 aromatic heterocycles. The number of pyridine rings is 1. The van der Waals surface area contributed by atoms with Crippen molar-refractivity contribution in [1.82, 2.24) is 9.89 Å². The van der Waals surface area contributed by atoms with Crippen molar-refractivity contribution < 1.29 is 9.85 Å². The molecule has 0 spiro atoms. The third-order valence-corrected chi connectivity index (χ3v) is 3.19. The van der Waals surface area contributed by atoms with E-state index in [1.165, 1.54) is 6.07 Å². The number of H-pyrrole nitrogens is 1. The first kappa shape index (κ1) is 15.1. The van der Waals surface area contributed by atoms with Crippen molar-refractivity contribution >= 4 is 5.69 Å². The lowest BCUT2D eigenvalue weighted by molar-refractivity contribution is -1.07. The summed E-state index contributed by atoms with van der Waals surface area (Å²) in [6.07, 6.45) is 2.50. The van der Waals surface area contributed by atoms with Gasteiger partial charge in [-0.15, -0.1) is 0 Å². The summed E-state index contributed by atoms with van der Waals surface area (Å²) in [7, 11) is 3.41. The standard InChI is InChI=1S/C14H20N4O3/c1-18(2,21)10-4-8-15-12-7-9-16-11-5-3-6-13(14(11)12)17(19)20/h3,5-7,9,15-16,21H,4,8,10H2,1-2H3. The molecule has 0 unspecified atom stereocenters. The summed E-state index contributed by atoms with van der Waals surface area (Å²) in [4.78, 5) is 2.63. The number of hydroxylamine groups is 3. The van der Waals surface area contributed by atoms with Crippen LogP contribution in [0.2, 0.25) is 0 Å². The molecule has 21 heavy (non-hydrogen) atoms. The fraction of sp³-hybridized carbons (Fsp3) is 0.357. The Kier molecular flexibility index (Phi) is 4.35. The van der Waals surface area contributed by atoms with Gasteiger partial charge in [0.1, 0.15) is 6.54 Å². The Hall–Kier alpha value is -2.25. The summed E-state index contributed by atoms with van der Waals surface area (Å²) in [5.74, 6) is 0. The zero-order valence-corrected chi connectivity index (χ0v) is 12.2. The van der Waals surface area contributed by atoms with Crippen LogP contribution in [0.15, 0.2) is 30.5 Å². The monoisotopic (exact) mass is 292 g/mol. The summed E-state index contributed by atoms with van der Waals surface area (Å²) in [5, 5.41) is 35.2. The second-order valence-electron chi connectivity index (χ2n) is 5.47. The number of hydrogen-bond acceptors (Lipinski definition) is 4. The molecular weight excluding hydrogens is 272 g/mol. The maximum absolute atomic E-state index is 11.2. The quantitative estimate of drug-likeness (QED) is 0.437. The molecule has 0 amide bonds. The first-order valence-electron chi connectivity index (χ1n) is 6.76. The molecule has 0 fully saturated rings. The molecule has 1 heterocycles. The maximum Gasteiger partial charge on any atom is 0.234 e. The van der Waals surface area contributed by atoms with Gasteiger partial charge in [-0.2, -0.15) is 9.55 Å². The van der Waals surface area contributed by atoms with Gasteiger partial charge in [0.25, 0.3) is 0 Å². The molecule has 0 bridgehead atoms. The average Bonchev–Trinajstić information content (AvgIpc) is 2.41. The van der Waals surface area contributed by atoms with Crippen molar-refractivity contribution in [3.8, 4) is 11.3 Å². The average molecular weight is 292 g/mol. The predicted octanol–water partition coefficient (Wildman–Crippen LogP) is 1.15. The van der Waals surface area contributed by atoms with E-state index in [9.17, 15) is 15.6 Å². The van der Waals surface area contributed by atoms with Gasteiger partial charge < -0.3 is 20.7 Å². The van der Waals surface area contributed by atoms with Crippen molar-refractivity contribution in [2.24, 2.45) is 0 Å². The number of nitrogens with one attached hydrogen (secondary N) is 2. The minimum absolute atomic E-state index is 0.0742. The molecule has 114 valence electrons. The summed E-state index contributed by atoms with van der Waals surface area (Å²) in [6, 6.07) is 6.75. The number of quaternary nitrogens is 1. The lowest BCUT2D eigenvalue weighted by Gasteiger charge is -2.20. The molecule has 0 saturated carbocycles. The molecule has 0 atom stereocenters. The first-order valence-corrected chi connectivity index (χ1v) is 6.76. The minimum Gasteiger partial charge on any atom is -0.612 e. The van der Waals surface area contributed by atoms with Gasteiger partial charge in [0.15, 0.2) is 0 Å². The molecule has 2 rings (SSSR count). The highest BCUT2D eigenvalue weighted by molar-refractivity contribution is 5.75. The summed E-state index contributed by atoms with van der Waals surface area (Å²) in [5.41, 5.74) is 2.01. The smallest absolute Gasteiger partial charge is 0.234 e. The van der Waals surface area contributed by atoms with Gasteiger partial charge in [0, 0.05) is 25.2 Å². The number of nitrogens with zero attached hydrogens (tertiary/aromatic N) is 2. The van der Waals surface area contributed by atoms with E-state index in [4.69, 9.17) is 0 Å². The molecule has 0 radical (unpaired) electrons. The first-order chi connectivity index (χ1) is 9.88. The number of fused-ring (bicyclic) bond motifs is 1. The molecular formula is C14H20N4O3. The van der Waals surface area contributed by atoms with Crippen LogP contribution >= 0.6 is 0 Å². The minimum atomic E-state index is -0.380. The Morgan fingerprint density at radius 1 is 1.29 bits per heavy atom. The van der Waals surface area contributed by atoms with Crippen molar-refractivity contribution in [1.29, 1.82) is 0 Å². The van der Waals surface area contributed by atoms with Crippen molar-refractivity contribution in [3.63, 3.8) is 0 Å². The highest BCUT2D eigenvalue weighted by Crippen LogP contribution is 2.23. The van der Waals surface area contributed by atoms with E-state index in [0.29, 0.717) is 24.3 Å². The highest BCUT2D eigenvalue weighted by atomic mass is 16.8. The van der Waals surface area contributed by atoms with E-state index in [1.54, 1.807) is 38.5 Å². The van der Waals surface area contributed by atoms with E-state index in [1.807, 2.05) is 0 Å². The number of hydrogen-bond donors (Lipinski definition) is 3. The number of benzene rings is 1. The lowest BCUT2D eigenvalue weighted by atomic mass is 10.1. The SMILES string of the molecule is C[N+](C)(O)CCCNc1cc[nH]c2cccc(=[N+]([O-])[O-])c1-2. The Morgan fingerprint density at radius 2 is 2.05 bits per heavy atom. The van der Waals surface area contributed by atoms with Crippen LogP contribution in [0, 0.1) is 10.4 Å². The van der Waals surface area contributed by atoms with Crippen LogP contribution in [0.1, 0.15) is 6.42 Å². The van der Waals surface area contributed by atoms with Gasteiger partial charge in [-0.25, -0.2) is 5.21 Å². The van der Waals surface area contributed by atoms with Gasteiger partial charge in [-0.3, -0.25) is 0 Å². The third kappa shape index (κ3) is 3.87. The lowest BCUT2D eigenvalue weighted by Crippen LogP contribution is -2.37. The van der Waals surface area contributed by atoms with Crippen LogP contribution in [0.5, 0.6) is 0 Å². The molecule has 1 aliphatic carbocycles. The Balaban J connectivity index is 2.23. The Morgan fingerprint density at radius 3 is 2.71 bits per heavy atom. The molecule has 7 heteroatoms. The largest absolute Gasteiger partial charge is 0.612 e. The normalized spacial score (nSPS) is 11.6. The fourth-order valence-corrected chi connectivity index (χ4v) is 2.23. The second kappa shape index (κ2) is 6.02. The number of aromatic nitrogens is 1. The summed E-state index contributed by atoms with van der Waals surface area (Å²) < 4.78 is -0.0921. The van der Waals surface area contributed by atoms with Gasteiger partial charge in [0.05, 0.1) is 31.0 Å². The van der Waals surface area contributed by atoms with E-state index >= 15 is 0 Å². The van der Waals surface area contributed by atoms with Crippen LogP contribution < -0.4 is 15.6 Å². The Bertz CT molecular complexity index is 641. The molecule has 1 aliphatic heterocycles. The summed E-state index contributed by atoms with van der Waals surface area (Å²) >= 11 is 0. The fourth-order valence-electron chi connectivity index (χ4n) is 2.23. The topological polar surface area (TPSA) is 97.2 Å². The van der Waals surface area contributed by atoms with E-state index < -0.39 is 0 Å². The van der Waals surface area contributed by atoms with Crippen LogP contribution in [-0.4, -0.2) is 42.0 Å². The number of anilines is 1. The van der Waals surface area contributed by atoms with Gasteiger partial charge in [-0.05, 0) is 12.1 Å². The Labute approximate surface area is 122 Å².